The van der Waals surface area contributed by atoms with E-state index in [2.05, 4.69) is 4.98 Å². The van der Waals surface area contributed by atoms with Crippen molar-refractivity contribution in [3.8, 4) is 17.2 Å². The lowest BCUT2D eigenvalue weighted by atomic mass is 10.1. The van der Waals surface area contributed by atoms with Gasteiger partial charge in [0.15, 0.2) is 5.65 Å². The van der Waals surface area contributed by atoms with Gasteiger partial charge in [-0.3, -0.25) is 14.2 Å². The number of methoxy groups -OCH3 is 1. The summed E-state index contributed by atoms with van der Waals surface area (Å²) in [6.45, 7) is 1.45. The first-order valence-corrected chi connectivity index (χ1v) is 8.55. The SMILES string of the molecule is COc1cccc(-n2c(=O)c3c(c4cccnc42)OC(COC(C)=O)C3)c1. The second-order valence-electron chi connectivity index (χ2n) is 6.27. The summed E-state index contributed by atoms with van der Waals surface area (Å²) in [5.74, 6) is 0.780. The summed E-state index contributed by atoms with van der Waals surface area (Å²) >= 11 is 0. The Hall–Kier alpha value is -3.35. The zero-order valence-corrected chi connectivity index (χ0v) is 15.0. The predicted molar refractivity (Wildman–Crippen MR) is 98.6 cm³/mol. The number of hydrogen-bond donors (Lipinski definition) is 0. The number of pyridine rings is 2. The van der Waals surface area contributed by atoms with Gasteiger partial charge >= 0.3 is 5.97 Å². The molecule has 0 spiro atoms. The van der Waals surface area contributed by atoms with E-state index < -0.39 is 0 Å². The molecular weight excluding hydrogens is 348 g/mol. The maximum Gasteiger partial charge on any atom is 0.302 e. The Bertz CT molecular complexity index is 1090. The molecule has 1 aliphatic rings. The lowest BCUT2D eigenvalue weighted by Gasteiger charge is -2.13. The Balaban J connectivity index is 1.88. The smallest absolute Gasteiger partial charge is 0.302 e. The lowest BCUT2D eigenvalue weighted by Crippen LogP contribution is -2.24. The van der Waals surface area contributed by atoms with Crippen LogP contribution in [0.5, 0.6) is 11.5 Å². The molecule has 27 heavy (non-hydrogen) atoms. The van der Waals surface area contributed by atoms with Gasteiger partial charge in [-0.05, 0) is 24.3 Å². The van der Waals surface area contributed by atoms with E-state index in [1.54, 1.807) is 30.0 Å². The van der Waals surface area contributed by atoms with Gasteiger partial charge in [-0.25, -0.2) is 4.98 Å². The van der Waals surface area contributed by atoms with E-state index >= 15 is 0 Å². The molecule has 1 aromatic carbocycles. The number of benzene rings is 1. The summed E-state index contributed by atoms with van der Waals surface area (Å²) in [5.41, 5.74) is 1.52. The fourth-order valence-electron chi connectivity index (χ4n) is 3.29. The van der Waals surface area contributed by atoms with Crippen LogP contribution in [0.15, 0.2) is 47.4 Å². The van der Waals surface area contributed by atoms with Gasteiger partial charge in [0.25, 0.3) is 5.56 Å². The van der Waals surface area contributed by atoms with E-state index in [9.17, 15) is 9.59 Å². The van der Waals surface area contributed by atoms with Gasteiger partial charge in [0.1, 0.15) is 24.2 Å². The minimum absolute atomic E-state index is 0.102. The van der Waals surface area contributed by atoms with Gasteiger partial charge in [-0.15, -0.1) is 0 Å². The molecule has 3 heterocycles. The number of carbonyl (C=O) groups is 1. The van der Waals surface area contributed by atoms with Crippen molar-refractivity contribution in [3.05, 3.63) is 58.5 Å². The third-order valence-corrected chi connectivity index (χ3v) is 4.48. The summed E-state index contributed by atoms with van der Waals surface area (Å²) in [5, 5.41) is 0.736. The fourth-order valence-corrected chi connectivity index (χ4v) is 3.29. The highest BCUT2D eigenvalue weighted by Crippen LogP contribution is 2.34. The average molecular weight is 366 g/mol. The van der Waals surface area contributed by atoms with E-state index in [1.807, 2.05) is 24.3 Å². The average Bonchev–Trinajstić information content (AvgIpc) is 3.12. The molecule has 3 aromatic rings. The Morgan fingerprint density at radius 1 is 1.33 bits per heavy atom. The summed E-state index contributed by atoms with van der Waals surface area (Å²) < 4.78 is 17.8. The van der Waals surface area contributed by atoms with Crippen LogP contribution in [0.3, 0.4) is 0 Å². The predicted octanol–water partition coefficient (Wildman–Crippen LogP) is 2.26. The number of carbonyl (C=O) groups excluding carboxylic acids is 1. The van der Waals surface area contributed by atoms with Gasteiger partial charge in [0.2, 0.25) is 0 Å². The fraction of sp³-hybridized carbons (Fsp3) is 0.250. The summed E-state index contributed by atoms with van der Waals surface area (Å²) in [4.78, 5) is 28.7. The van der Waals surface area contributed by atoms with Crippen molar-refractivity contribution in [2.75, 3.05) is 13.7 Å². The molecule has 0 saturated heterocycles. The lowest BCUT2D eigenvalue weighted by molar-refractivity contribution is -0.143. The summed E-state index contributed by atoms with van der Waals surface area (Å²) in [6.07, 6.45) is 1.62. The monoisotopic (exact) mass is 366 g/mol. The van der Waals surface area contributed by atoms with Crippen LogP contribution in [0.25, 0.3) is 16.7 Å². The molecule has 0 bridgehead atoms. The Kier molecular flexibility index (Phi) is 4.27. The van der Waals surface area contributed by atoms with Crippen molar-refractivity contribution in [1.82, 2.24) is 9.55 Å². The van der Waals surface area contributed by atoms with Crippen molar-refractivity contribution in [3.63, 3.8) is 0 Å². The molecular formula is C20H18N2O5. The summed E-state index contributed by atoms with van der Waals surface area (Å²) in [7, 11) is 1.58. The van der Waals surface area contributed by atoms with Crippen molar-refractivity contribution in [2.24, 2.45) is 0 Å². The molecule has 0 fully saturated rings. The summed E-state index contributed by atoms with van der Waals surface area (Å²) in [6, 6.07) is 10.9. The van der Waals surface area contributed by atoms with Crippen molar-refractivity contribution in [1.29, 1.82) is 0 Å². The maximum atomic E-state index is 13.3. The standard InChI is InChI=1S/C20H18N2O5/c1-12(23)26-11-15-10-17-18(27-15)16-7-4-8-21-19(16)22(20(17)24)13-5-3-6-14(9-13)25-2/h3-9,15H,10-11H2,1-2H3. The Morgan fingerprint density at radius 2 is 2.19 bits per heavy atom. The molecule has 0 N–H and O–H groups in total. The normalized spacial score (nSPS) is 15.3. The van der Waals surface area contributed by atoms with Crippen LogP contribution in [-0.2, 0) is 16.0 Å². The molecule has 1 unspecified atom stereocenters. The van der Waals surface area contributed by atoms with Crippen molar-refractivity contribution < 1.29 is 19.0 Å². The van der Waals surface area contributed by atoms with Gasteiger partial charge in [-0.1, -0.05) is 6.07 Å². The van der Waals surface area contributed by atoms with E-state index in [0.29, 0.717) is 34.8 Å². The highest BCUT2D eigenvalue weighted by molar-refractivity contribution is 5.85. The maximum absolute atomic E-state index is 13.3. The molecule has 0 radical (unpaired) electrons. The molecule has 7 nitrogen and oxygen atoms in total. The van der Waals surface area contributed by atoms with Crippen LogP contribution >= 0.6 is 0 Å². The highest BCUT2D eigenvalue weighted by Gasteiger charge is 2.30. The van der Waals surface area contributed by atoms with Crippen LogP contribution in [0.4, 0.5) is 0 Å². The van der Waals surface area contributed by atoms with E-state index in [-0.39, 0.29) is 24.2 Å². The van der Waals surface area contributed by atoms with Crippen LogP contribution in [0, 0.1) is 0 Å². The molecule has 0 saturated carbocycles. The number of aromatic nitrogens is 2. The third-order valence-electron chi connectivity index (χ3n) is 4.48. The molecule has 2 aromatic heterocycles. The first-order valence-electron chi connectivity index (χ1n) is 8.55. The second-order valence-corrected chi connectivity index (χ2v) is 6.27. The zero-order valence-electron chi connectivity index (χ0n) is 15.0. The first-order chi connectivity index (χ1) is 13.1. The number of nitrogens with zero attached hydrogens (tertiary/aromatic N) is 2. The van der Waals surface area contributed by atoms with E-state index in [4.69, 9.17) is 14.2 Å². The molecule has 0 amide bonds. The number of rotatable bonds is 4. The quantitative estimate of drug-likeness (QED) is 0.659. The first kappa shape index (κ1) is 17.1. The van der Waals surface area contributed by atoms with E-state index in [0.717, 1.165) is 5.39 Å². The largest absolute Gasteiger partial charge is 0.497 e. The number of hydrogen-bond acceptors (Lipinski definition) is 6. The molecule has 1 aliphatic heterocycles. The number of fused-ring (bicyclic) bond motifs is 3. The van der Waals surface area contributed by atoms with Crippen LogP contribution < -0.4 is 15.0 Å². The minimum atomic E-state index is -0.388. The van der Waals surface area contributed by atoms with Gasteiger partial charge < -0.3 is 14.2 Å². The third kappa shape index (κ3) is 3.01. The van der Waals surface area contributed by atoms with Crippen LogP contribution in [0.1, 0.15) is 12.5 Å². The molecule has 1 atom stereocenters. The topological polar surface area (TPSA) is 79.7 Å². The van der Waals surface area contributed by atoms with Crippen LogP contribution in [0.2, 0.25) is 0 Å². The minimum Gasteiger partial charge on any atom is -0.497 e. The Morgan fingerprint density at radius 3 is 2.96 bits per heavy atom. The number of ether oxygens (including phenoxy) is 3. The van der Waals surface area contributed by atoms with Gasteiger partial charge in [-0.2, -0.15) is 0 Å². The van der Waals surface area contributed by atoms with Crippen LogP contribution in [-0.4, -0.2) is 35.3 Å². The number of esters is 1. The Labute approximate surface area is 155 Å². The van der Waals surface area contributed by atoms with Gasteiger partial charge in [0.05, 0.1) is 23.7 Å². The zero-order chi connectivity index (χ0) is 19.0. The second kappa shape index (κ2) is 6.75. The van der Waals surface area contributed by atoms with Crippen molar-refractivity contribution in [2.45, 2.75) is 19.4 Å². The van der Waals surface area contributed by atoms with Gasteiger partial charge in [0, 0.05) is 25.6 Å². The molecule has 7 heteroatoms. The van der Waals surface area contributed by atoms with E-state index in [1.165, 1.54) is 6.92 Å². The highest BCUT2D eigenvalue weighted by atomic mass is 16.6. The molecule has 4 rings (SSSR count). The molecule has 138 valence electrons. The van der Waals surface area contributed by atoms with Crippen molar-refractivity contribution >= 4 is 17.0 Å². The molecule has 0 aliphatic carbocycles.